The van der Waals surface area contributed by atoms with Gasteiger partial charge in [0.05, 0.1) is 0 Å². The largest absolute Gasteiger partial charge is 0.301 e. The van der Waals surface area contributed by atoms with Crippen LogP contribution < -0.4 is 0 Å². The number of rotatable bonds is 7. The van der Waals surface area contributed by atoms with Gasteiger partial charge in [-0.15, -0.1) is 0 Å². The molecule has 1 aromatic carbocycles. The van der Waals surface area contributed by atoms with E-state index in [2.05, 4.69) is 30.6 Å². The molecule has 21 heavy (non-hydrogen) atoms. The molecular formula is C18H28N2O. The summed E-state index contributed by atoms with van der Waals surface area (Å²) in [5, 5.41) is 0. The predicted molar refractivity (Wildman–Crippen MR) is 87.7 cm³/mol. The molecule has 0 N–H and O–H groups in total. The molecule has 116 valence electrons. The van der Waals surface area contributed by atoms with Crippen molar-refractivity contribution in [3.05, 3.63) is 35.9 Å². The number of likely N-dealkylation sites (tertiary alicyclic amines) is 1. The number of carbonyl (C=O) groups is 1. The number of Topliss-reactive ketones (excluding diaryl/α,β-unsaturated/α-hetero) is 1. The molecule has 2 unspecified atom stereocenters. The van der Waals surface area contributed by atoms with Crippen LogP contribution in [-0.2, 0) is 0 Å². The first-order chi connectivity index (χ1) is 10.2. The summed E-state index contributed by atoms with van der Waals surface area (Å²) in [5.74, 6) is 0.338. The predicted octanol–water partition coefficient (Wildman–Crippen LogP) is 2.92. The van der Waals surface area contributed by atoms with Crippen LogP contribution in [0, 0.1) is 5.92 Å². The lowest BCUT2D eigenvalue weighted by Gasteiger charge is -2.26. The van der Waals surface area contributed by atoms with Gasteiger partial charge in [0.2, 0.25) is 0 Å². The van der Waals surface area contributed by atoms with E-state index >= 15 is 0 Å². The zero-order valence-corrected chi connectivity index (χ0v) is 13.6. The van der Waals surface area contributed by atoms with Crippen LogP contribution in [0.4, 0.5) is 0 Å². The van der Waals surface area contributed by atoms with Crippen LogP contribution in [0.2, 0.25) is 0 Å². The van der Waals surface area contributed by atoms with Gasteiger partial charge < -0.3 is 4.90 Å². The Balaban J connectivity index is 1.87. The van der Waals surface area contributed by atoms with Crippen molar-refractivity contribution in [2.24, 2.45) is 5.92 Å². The highest BCUT2D eigenvalue weighted by Gasteiger charge is 2.28. The Morgan fingerprint density at radius 3 is 2.57 bits per heavy atom. The molecule has 0 aromatic heterocycles. The first-order valence-electron chi connectivity index (χ1n) is 8.21. The van der Waals surface area contributed by atoms with E-state index in [9.17, 15) is 4.79 Å². The van der Waals surface area contributed by atoms with Gasteiger partial charge in [0, 0.05) is 30.6 Å². The van der Waals surface area contributed by atoms with E-state index in [0.717, 1.165) is 38.3 Å². The standard InChI is InChI=1S/C18H28N2O/c1-4-20(5-2)17-11-12-19(14-17)13-15(3)18(21)16-9-7-6-8-10-16/h6-10,15,17H,4-5,11-14H2,1-3H3. The van der Waals surface area contributed by atoms with Crippen molar-refractivity contribution in [3.63, 3.8) is 0 Å². The van der Waals surface area contributed by atoms with E-state index in [1.807, 2.05) is 30.3 Å². The van der Waals surface area contributed by atoms with Crippen molar-refractivity contribution in [2.75, 3.05) is 32.7 Å². The lowest BCUT2D eigenvalue weighted by atomic mass is 9.99. The van der Waals surface area contributed by atoms with Crippen LogP contribution >= 0.6 is 0 Å². The summed E-state index contributed by atoms with van der Waals surface area (Å²) in [7, 11) is 0. The highest BCUT2D eigenvalue weighted by Crippen LogP contribution is 2.18. The minimum Gasteiger partial charge on any atom is -0.301 e. The molecule has 1 heterocycles. The lowest BCUT2D eigenvalue weighted by molar-refractivity contribution is 0.0899. The van der Waals surface area contributed by atoms with Gasteiger partial charge in [0.1, 0.15) is 0 Å². The molecule has 0 saturated carbocycles. The summed E-state index contributed by atoms with van der Waals surface area (Å²) >= 11 is 0. The Hall–Kier alpha value is -1.19. The van der Waals surface area contributed by atoms with Gasteiger partial charge in [-0.2, -0.15) is 0 Å². The molecular weight excluding hydrogens is 260 g/mol. The van der Waals surface area contributed by atoms with Crippen molar-refractivity contribution >= 4 is 5.78 Å². The molecule has 0 amide bonds. The smallest absolute Gasteiger partial charge is 0.166 e. The number of hydrogen-bond donors (Lipinski definition) is 0. The van der Waals surface area contributed by atoms with Crippen molar-refractivity contribution in [1.82, 2.24) is 9.80 Å². The molecule has 0 bridgehead atoms. The molecule has 3 nitrogen and oxygen atoms in total. The van der Waals surface area contributed by atoms with E-state index in [-0.39, 0.29) is 11.7 Å². The lowest BCUT2D eigenvalue weighted by Crippen LogP contribution is -2.38. The van der Waals surface area contributed by atoms with Gasteiger partial charge in [-0.05, 0) is 26.1 Å². The molecule has 2 atom stereocenters. The van der Waals surface area contributed by atoms with Gasteiger partial charge in [0.15, 0.2) is 5.78 Å². The SMILES string of the molecule is CCN(CC)C1CCN(CC(C)C(=O)c2ccccc2)C1. The highest BCUT2D eigenvalue weighted by molar-refractivity contribution is 5.97. The van der Waals surface area contributed by atoms with Crippen molar-refractivity contribution in [3.8, 4) is 0 Å². The average molecular weight is 288 g/mol. The summed E-state index contributed by atoms with van der Waals surface area (Å²) in [6.45, 7) is 11.9. The van der Waals surface area contributed by atoms with E-state index in [1.165, 1.54) is 6.42 Å². The molecule has 0 aliphatic carbocycles. The Morgan fingerprint density at radius 2 is 1.95 bits per heavy atom. The first kappa shape index (κ1) is 16.2. The Bertz CT molecular complexity index is 442. The Kier molecular flexibility index (Phi) is 5.95. The first-order valence-corrected chi connectivity index (χ1v) is 8.21. The zero-order valence-electron chi connectivity index (χ0n) is 13.6. The molecule has 1 aliphatic rings. The average Bonchev–Trinajstić information content (AvgIpc) is 2.97. The quantitative estimate of drug-likeness (QED) is 0.721. The number of likely N-dealkylation sites (N-methyl/N-ethyl adjacent to an activating group) is 1. The Morgan fingerprint density at radius 1 is 1.29 bits per heavy atom. The van der Waals surface area contributed by atoms with Crippen LogP contribution in [-0.4, -0.2) is 54.3 Å². The fourth-order valence-electron chi connectivity index (χ4n) is 3.37. The third-order valence-corrected chi connectivity index (χ3v) is 4.61. The van der Waals surface area contributed by atoms with Crippen LogP contribution in [0.15, 0.2) is 30.3 Å². The van der Waals surface area contributed by atoms with Gasteiger partial charge >= 0.3 is 0 Å². The minimum absolute atomic E-state index is 0.0721. The Labute approximate surface area is 128 Å². The maximum absolute atomic E-state index is 12.4. The topological polar surface area (TPSA) is 23.6 Å². The van der Waals surface area contributed by atoms with E-state index in [1.54, 1.807) is 0 Å². The van der Waals surface area contributed by atoms with Gasteiger partial charge in [-0.3, -0.25) is 9.69 Å². The molecule has 0 radical (unpaired) electrons. The van der Waals surface area contributed by atoms with Crippen LogP contribution in [0.3, 0.4) is 0 Å². The third kappa shape index (κ3) is 4.14. The maximum Gasteiger partial charge on any atom is 0.166 e. The van der Waals surface area contributed by atoms with E-state index in [4.69, 9.17) is 0 Å². The molecule has 3 heteroatoms. The fraction of sp³-hybridized carbons (Fsp3) is 0.611. The van der Waals surface area contributed by atoms with Crippen LogP contribution in [0.5, 0.6) is 0 Å². The number of hydrogen-bond acceptors (Lipinski definition) is 3. The second-order valence-electron chi connectivity index (χ2n) is 6.05. The zero-order chi connectivity index (χ0) is 15.2. The molecule has 1 aliphatic heterocycles. The van der Waals surface area contributed by atoms with Gasteiger partial charge in [-0.25, -0.2) is 0 Å². The van der Waals surface area contributed by atoms with Crippen molar-refractivity contribution in [2.45, 2.75) is 33.2 Å². The van der Waals surface area contributed by atoms with E-state index in [0.29, 0.717) is 6.04 Å². The molecule has 1 fully saturated rings. The number of nitrogens with zero attached hydrogens (tertiary/aromatic N) is 2. The molecule has 1 saturated heterocycles. The maximum atomic E-state index is 12.4. The number of ketones is 1. The minimum atomic E-state index is 0.0721. The molecule has 1 aromatic rings. The van der Waals surface area contributed by atoms with Crippen molar-refractivity contribution < 1.29 is 4.79 Å². The summed E-state index contributed by atoms with van der Waals surface area (Å²) in [5.41, 5.74) is 0.837. The van der Waals surface area contributed by atoms with Crippen LogP contribution in [0.25, 0.3) is 0 Å². The second-order valence-corrected chi connectivity index (χ2v) is 6.05. The van der Waals surface area contributed by atoms with Gasteiger partial charge in [-0.1, -0.05) is 51.1 Å². The summed E-state index contributed by atoms with van der Waals surface area (Å²) in [4.78, 5) is 17.4. The second kappa shape index (κ2) is 7.71. The highest BCUT2D eigenvalue weighted by atomic mass is 16.1. The van der Waals surface area contributed by atoms with Crippen LogP contribution in [0.1, 0.15) is 37.6 Å². The number of carbonyl (C=O) groups excluding carboxylic acids is 1. The fourth-order valence-corrected chi connectivity index (χ4v) is 3.37. The molecule has 2 rings (SSSR count). The number of benzene rings is 1. The van der Waals surface area contributed by atoms with E-state index < -0.39 is 0 Å². The van der Waals surface area contributed by atoms with Gasteiger partial charge in [0.25, 0.3) is 0 Å². The summed E-state index contributed by atoms with van der Waals surface area (Å²) < 4.78 is 0. The third-order valence-electron chi connectivity index (χ3n) is 4.61. The monoisotopic (exact) mass is 288 g/mol. The molecule has 0 spiro atoms. The normalized spacial score (nSPS) is 20.9. The van der Waals surface area contributed by atoms with Crippen molar-refractivity contribution in [1.29, 1.82) is 0 Å². The summed E-state index contributed by atoms with van der Waals surface area (Å²) in [6.07, 6.45) is 1.23. The summed E-state index contributed by atoms with van der Waals surface area (Å²) in [6, 6.07) is 10.3.